The van der Waals surface area contributed by atoms with Gasteiger partial charge in [-0.25, -0.2) is 0 Å². The van der Waals surface area contributed by atoms with Crippen LogP contribution in [0.1, 0.15) is 54.5 Å². The Kier molecular flexibility index (Phi) is 3.92. The van der Waals surface area contributed by atoms with E-state index in [0.29, 0.717) is 11.2 Å². The fraction of sp³-hybridized carbons (Fsp3) is 0.562. The molecule has 1 aromatic rings. The van der Waals surface area contributed by atoms with Crippen molar-refractivity contribution in [3.8, 4) is 0 Å². The van der Waals surface area contributed by atoms with E-state index < -0.39 is 0 Å². The zero-order chi connectivity index (χ0) is 13.2. The molecular weight excluding hydrogens is 302 g/mol. The zero-order valence-corrected chi connectivity index (χ0v) is 12.7. The Morgan fingerprint density at radius 3 is 2.89 bits per heavy atom. The van der Waals surface area contributed by atoms with Crippen LogP contribution in [0.25, 0.3) is 0 Å². The second-order valence-corrected chi connectivity index (χ2v) is 6.94. The Morgan fingerprint density at radius 1 is 1.32 bits per heavy atom. The van der Waals surface area contributed by atoms with E-state index in [1.807, 2.05) is 6.07 Å². The van der Waals surface area contributed by atoms with Crippen molar-refractivity contribution in [2.24, 2.45) is 5.92 Å². The minimum Gasteiger partial charge on any atom is -0.326 e. The predicted molar refractivity (Wildman–Crippen MR) is 81.6 cm³/mol. The first-order valence-electron chi connectivity index (χ1n) is 7.29. The largest absolute Gasteiger partial charge is 0.326 e. The number of halogens is 1. The maximum Gasteiger partial charge on any atom is 0.228 e. The Hall–Kier alpha value is -0.830. The van der Waals surface area contributed by atoms with Crippen molar-refractivity contribution in [2.75, 3.05) is 5.32 Å². The van der Waals surface area contributed by atoms with Crippen molar-refractivity contribution in [2.45, 2.75) is 49.8 Å². The molecule has 0 bridgehead atoms. The number of anilines is 1. The van der Waals surface area contributed by atoms with Gasteiger partial charge in [-0.05, 0) is 36.0 Å². The SMILES string of the molecule is O=C1Cc2cc(C(Br)CCC3CCCC3)ccc2N1. The highest BCUT2D eigenvalue weighted by molar-refractivity contribution is 9.09. The molecule has 2 aliphatic rings. The normalized spacial score (nSPS) is 20.4. The lowest BCUT2D eigenvalue weighted by molar-refractivity contribution is -0.115. The summed E-state index contributed by atoms with van der Waals surface area (Å²) in [5.74, 6) is 1.06. The molecule has 1 aromatic carbocycles. The predicted octanol–water partition coefficient (Wildman–Crippen LogP) is 4.59. The molecule has 1 atom stereocenters. The molecule has 1 saturated carbocycles. The molecule has 0 aromatic heterocycles. The molecule has 0 spiro atoms. The molecule has 1 aliphatic carbocycles. The van der Waals surface area contributed by atoms with E-state index in [4.69, 9.17) is 0 Å². The maximum atomic E-state index is 11.4. The number of fused-ring (bicyclic) bond motifs is 1. The van der Waals surface area contributed by atoms with E-state index in [1.165, 1.54) is 44.1 Å². The number of hydrogen-bond acceptors (Lipinski definition) is 1. The lowest BCUT2D eigenvalue weighted by Gasteiger charge is -2.14. The van der Waals surface area contributed by atoms with Crippen LogP contribution in [0.4, 0.5) is 5.69 Å². The molecule has 3 rings (SSSR count). The molecule has 1 amide bonds. The van der Waals surface area contributed by atoms with Gasteiger partial charge >= 0.3 is 0 Å². The maximum absolute atomic E-state index is 11.4. The van der Waals surface area contributed by atoms with Crippen molar-refractivity contribution in [1.29, 1.82) is 0 Å². The fourth-order valence-electron chi connectivity index (χ4n) is 3.29. The van der Waals surface area contributed by atoms with Crippen LogP contribution < -0.4 is 5.32 Å². The highest BCUT2D eigenvalue weighted by Gasteiger charge is 2.20. The smallest absolute Gasteiger partial charge is 0.228 e. The summed E-state index contributed by atoms with van der Waals surface area (Å²) in [6.45, 7) is 0. The molecule has 19 heavy (non-hydrogen) atoms. The number of amides is 1. The lowest BCUT2D eigenvalue weighted by Crippen LogP contribution is -2.03. The average Bonchev–Trinajstić information content (AvgIpc) is 3.02. The second kappa shape index (κ2) is 5.66. The van der Waals surface area contributed by atoms with Crippen molar-refractivity contribution in [1.82, 2.24) is 0 Å². The number of carbonyl (C=O) groups is 1. The Bertz CT molecular complexity index is 480. The van der Waals surface area contributed by atoms with E-state index in [-0.39, 0.29) is 5.91 Å². The molecule has 3 heteroatoms. The third-order valence-corrected chi connectivity index (χ3v) is 5.41. The quantitative estimate of drug-likeness (QED) is 0.807. The number of rotatable bonds is 4. The van der Waals surface area contributed by atoms with Gasteiger partial charge in [0.1, 0.15) is 0 Å². The summed E-state index contributed by atoms with van der Waals surface area (Å²) in [6.07, 6.45) is 8.74. The first kappa shape index (κ1) is 13.2. The van der Waals surface area contributed by atoms with Gasteiger partial charge in [0.25, 0.3) is 0 Å². The summed E-state index contributed by atoms with van der Waals surface area (Å²) in [7, 11) is 0. The number of alkyl halides is 1. The second-order valence-electron chi connectivity index (χ2n) is 5.84. The number of nitrogens with one attached hydrogen (secondary N) is 1. The molecule has 1 unspecified atom stereocenters. The van der Waals surface area contributed by atoms with Crippen molar-refractivity contribution < 1.29 is 4.79 Å². The summed E-state index contributed by atoms with van der Waals surface area (Å²) < 4.78 is 0. The van der Waals surface area contributed by atoms with Crippen molar-refractivity contribution in [3.63, 3.8) is 0 Å². The van der Waals surface area contributed by atoms with Crippen LogP contribution in [0.3, 0.4) is 0 Å². The summed E-state index contributed by atoms with van der Waals surface area (Å²) in [5, 5.41) is 2.89. The zero-order valence-electron chi connectivity index (χ0n) is 11.1. The van der Waals surface area contributed by atoms with E-state index >= 15 is 0 Å². The van der Waals surface area contributed by atoms with Gasteiger partial charge in [0.2, 0.25) is 5.91 Å². The van der Waals surface area contributed by atoms with Gasteiger partial charge in [0.05, 0.1) is 6.42 Å². The van der Waals surface area contributed by atoms with Gasteiger partial charge in [-0.2, -0.15) is 0 Å². The minimum atomic E-state index is 0.115. The Labute approximate surface area is 123 Å². The average molecular weight is 322 g/mol. The van der Waals surface area contributed by atoms with E-state index in [1.54, 1.807) is 0 Å². The van der Waals surface area contributed by atoms with Gasteiger partial charge < -0.3 is 5.32 Å². The monoisotopic (exact) mass is 321 g/mol. The first-order valence-corrected chi connectivity index (χ1v) is 8.20. The number of hydrogen-bond donors (Lipinski definition) is 1. The third-order valence-electron chi connectivity index (χ3n) is 4.42. The van der Waals surface area contributed by atoms with Gasteiger partial charge in [-0.15, -0.1) is 0 Å². The molecule has 1 fully saturated rings. The summed E-state index contributed by atoms with van der Waals surface area (Å²) in [5.41, 5.74) is 3.45. The molecule has 2 nitrogen and oxygen atoms in total. The molecule has 1 heterocycles. The number of benzene rings is 1. The van der Waals surface area contributed by atoms with Crippen molar-refractivity contribution in [3.05, 3.63) is 29.3 Å². The van der Waals surface area contributed by atoms with E-state index in [0.717, 1.165) is 17.2 Å². The standard InChI is InChI=1S/C16H20BrNO/c17-14(7-5-11-3-1-2-4-11)12-6-8-15-13(9-12)10-16(19)18-15/h6,8-9,11,14H,1-5,7,10H2,(H,18,19). The highest BCUT2D eigenvalue weighted by Crippen LogP contribution is 2.36. The van der Waals surface area contributed by atoms with Crippen LogP contribution in [0.5, 0.6) is 0 Å². The van der Waals surface area contributed by atoms with Crippen LogP contribution >= 0.6 is 15.9 Å². The highest BCUT2D eigenvalue weighted by atomic mass is 79.9. The molecule has 1 aliphatic heterocycles. The molecular formula is C16H20BrNO. The first-order chi connectivity index (χ1) is 9.22. The van der Waals surface area contributed by atoms with Gasteiger partial charge in [-0.1, -0.05) is 53.7 Å². The minimum absolute atomic E-state index is 0.115. The molecule has 1 N–H and O–H groups in total. The van der Waals surface area contributed by atoms with Crippen LogP contribution in [-0.2, 0) is 11.2 Å². The van der Waals surface area contributed by atoms with Gasteiger partial charge in [-0.3, -0.25) is 4.79 Å². The molecule has 102 valence electrons. The van der Waals surface area contributed by atoms with Gasteiger partial charge in [0.15, 0.2) is 0 Å². The van der Waals surface area contributed by atoms with Crippen LogP contribution in [0.2, 0.25) is 0 Å². The Balaban J connectivity index is 1.62. The van der Waals surface area contributed by atoms with Crippen molar-refractivity contribution >= 4 is 27.5 Å². The van der Waals surface area contributed by atoms with Crippen LogP contribution in [-0.4, -0.2) is 5.91 Å². The molecule has 0 saturated heterocycles. The van der Waals surface area contributed by atoms with E-state index in [9.17, 15) is 4.79 Å². The summed E-state index contributed by atoms with van der Waals surface area (Å²) in [6, 6.07) is 6.36. The van der Waals surface area contributed by atoms with Crippen LogP contribution in [0.15, 0.2) is 18.2 Å². The lowest BCUT2D eigenvalue weighted by atomic mass is 9.97. The summed E-state index contributed by atoms with van der Waals surface area (Å²) >= 11 is 3.81. The van der Waals surface area contributed by atoms with Crippen LogP contribution in [0, 0.1) is 5.92 Å². The Morgan fingerprint density at radius 2 is 2.11 bits per heavy atom. The van der Waals surface area contributed by atoms with Gasteiger partial charge in [0, 0.05) is 10.5 Å². The molecule has 0 radical (unpaired) electrons. The van der Waals surface area contributed by atoms with E-state index in [2.05, 4.69) is 33.4 Å². The summed E-state index contributed by atoms with van der Waals surface area (Å²) in [4.78, 5) is 11.8. The third kappa shape index (κ3) is 3.02. The number of carbonyl (C=O) groups excluding carboxylic acids is 1. The topological polar surface area (TPSA) is 29.1 Å². The fourth-order valence-corrected chi connectivity index (χ4v) is 3.84.